The zero-order valence-electron chi connectivity index (χ0n) is 12.7. The first kappa shape index (κ1) is 15.5. The van der Waals surface area contributed by atoms with Gasteiger partial charge in [0, 0.05) is 37.4 Å². The van der Waals surface area contributed by atoms with Crippen LogP contribution in [0, 0.1) is 0 Å². The molecule has 0 radical (unpaired) electrons. The quantitative estimate of drug-likeness (QED) is 0.868. The summed E-state index contributed by atoms with van der Waals surface area (Å²) < 4.78 is 28.7. The molecule has 2 aromatic rings. The number of amides is 1. The Hall–Kier alpha value is -2.43. The molecule has 0 saturated carbocycles. The van der Waals surface area contributed by atoms with Crippen LogP contribution in [0.25, 0.3) is 0 Å². The van der Waals surface area contributed by atoms with Gasteiger partial charge in [0.15, 0.2) is 0 Å². The van der Waals surface area contributed by atoms with E-state index in [1.54, 1.807) is 6.07 Å². The molecule has 0 aliphatic carbocycles. The first-order valence-electron chi connectivity index (χ1n) is 7.62. The Balaban J connectivity index is 1.67. The molecule has 120 valence electrons. The number of alkyl halides is 2. The molecule has 0 aromatic heterocycles. The van der Waals surface area contributed by atoms with Crippen molar-refractivity contribution in [2.24, 2.45) is 0 Å². The SMILES string of the molecule is O=C(N1CCN(c2ccccc2)CC1)C(F)(F)c1ccccc1. The lowest BCUT2D eigenvalue weighted by molar-refractivity contribution is -0.159. The second kappa shape index (κ2) is 6.36. The smallest absolute Gasteiger partial charge is 0.349 e. The van der Waals surface area contributed by atoms with Gasteiger partial charge in [0.05, 0.1) is 0 Å². The van der Waals surface area contributed by atoms with Crippen LogP contribution in [0.3, 0.4) is 0 Å². The summed E-state index contributed by atoms with van der Waals surface area (Å²) in [7, 11) is 0. The molecule has 1 saturated heterocycles. The molecule has 0 unspecified atom stereocenters. The fourth-order valence-corrected chi connectivity index (χ4v) is 2.78. The van der Waals surface area contributed by atoms with Crippen LogP contribution in [0.5, 0.6) is 0 Å². The molecule has 3 nitrogen and oxygen atoms in total. The molecule has 3 rings (SSSR count). The van der Waals surface area contributed by atoms with Crippen LogP contribution in [0.2, 0.25) is 0 Å². The molecule has 0 atom stereocenters. The predicted molar refractivity (Wildman–Crippen MR) is 85.6 cm³/mol. The van der Waals surface area contributed by atoms with Gasteiger partial charge in [-0.05, 0) is 12.1 Å². The monoisotopic (exact) mass is 316 g/mol. The van der Waals surface area contributed by atoms with E-state index in [0.717, 1.165) is 5.69 Å². The van der Waals surface area contributed by atoms with Gasteiger partial charge < -0.3 is 9.80 Å². The minimum Gasteiger partial charge on any atom is -0.368 e. The Morgan fingerprint density at radius 2 is 1.35 bits per heavy atom. The van der Waals surface area contributed by atoms with Crippen LogP contribution in [0.4, 0.5) is 14.5 Å². The number of hydrogen-bond donors (Lipinski definition) is 0. The summed E-state index contributed by atoms with van der Waals surface area (Å²) in [5, 5.41) is 0. The van der Waals surface area contributed by atoms with Gasteiger partial charge in [0.2, 0.25) is 0 Å². The molecule has 1 amide bonds. The van der Waals surface area contributed by atoms with Crippen molar-refractivity contribution in [3.05, 3.63) is 66.2 Å². The topological polar surface area (TPSA) is 23.6 Å². The van der Waals surface area contributed by atoms with Crippen LogP contribution in [0.1, 0.15) is 5.56 Å². The number of benzene rings is 2. The van der Waals surface area contributed by atoms with Crippen LogP contribution in [0.15, 0.2) is 60.7 Å². The normalized spacial score (nSPS) is 15.6. The van der Waals surface area contributed by atoms with Gasteiger partial charge in [0.25, 0.3) is 5.91 Å². The van der Waals surface area contributed by atoms with Crippen molar-refractivity contribution in [1.82, 2.24) is 4.90 Å². The number of para-hydroxylation sites is 1. The van der Waals surface area contributed by atoms with Crippen molar-refractivity contribution in [2.45, 2.75) is 5.92 Å². The van der Waals surface area contributed by atoms with E-state index in [0.29, 0.717) is 26.2 Å². The minimum atomic E-state index is -3.48. The van der Waals surface area contributed by atoms with Crippen molar-refractivity contribution in [1.29, 1.82) is 0 Å². The average molecular weight is 316 g/mol. The van der Waals surface area contributed by atoms with Gasteiger partial charge in [-0.15, -0.1) is 0 Å². The lowest BCUT2D eigenvalue weighted by atomic mass is 10.1. The predicted octanol–water partition coefficient (Wildman–Crippen LogP) is 3.13. The van der Waals surface area contributed by atoms with E-state index >= 15 is 0 Å². The second-order valence-corrected chi connectivity index (χ2v) is 5.56. The number of carbonyl (C=O) groups excluding carboxylic acids is 1. The van der Waals surface area contributed by atoms with Crippen LogP contribution >= 0.6 is 0 Å². The molecule has 23 heavy (non-hydrogen) atoms. The van der Waals surface area contributed by atoms with Gasteiger partial charge in [-0.25, -0.2) is 0 Å². The number of anilines is 1. The maximum atomic E-state index is 14.3. The van der Waals surface area contributed by atoms with Gasteiger partial charge >= 0.3 is 5.92 Å². The largest absolute Gasteiger partial charge is 0.368 e. The van der Waals surface area contributed by atoms with E-state index in [4.69, 9.17) is 0 Å². The van der Waals surface area contributed by atoms with Gasteiger partial charge in [-0.2, -0.15) is 8.78 Å². The van der Waals surface area contributed by atoms with E-state index < -0.39 is 11.8 Å². The second-order valence-electron chi connectivity index (χ2n) is 5.56. The van der Waals surface area contributed by atoms with E-state index in [-0.39, 0.29) is 5.56 Å². The van der Waals surface area contributed by atoms with Crippen molar-refractivity contribution in [3.8, 4) is 0 Å². The van der Waals surface area contributed by atoms with Crippen molar-refractivity contribution in [2.75, 3.05) is 31.1 Å². The zero-order valence-corrected chi connectivity index (χ0v) is 12.7. The highest BCUT2D eigenvalue weighted by Gasteiger charge is 2.44. The highest BCUT2D eigenvalue weighted by atomic mass is 19.3. The fraction of sp³-hybridized carbons (Fsp3) is 0.278. The van der Waals surface area contributed by atoms with E-state index in [1.165, 1.54) is 29.2 Å². The molecule has 0 N–H and O–H groups in total. The van der Waals surface area contributed by atoms with Gasteiger partial charge in [-0.3, -0.25) is 4.79 Å². The highest BCUT2D eigenvalue weighted by Crippen LogP contribution is 2.30. The number of piperazine rings is 1. The summed E-state index contributed by atoms with van der Waals surface area (Å²) in [5.74, 6) is -4.59. The Kier molecular flexibility index (Phi) is 4.28. The Bertz CT molecular complexity index is 653. The molecular formula is C18H18F2N2O. The molecule has 1 fully saturated rings. The standard InChI is InChI=1S/C18H18F2N2O/c19-18(20,15-7-3-1-4-8-15)17(23)22-13-11-21(12-14-22)16-9-5-2-6-10-16/h1-10H,11-14H2. The summed E-state index contributed by atoms with van der Waals surface area (Å²) in [6, 6.07) is 17.1. The molecule has 5 heteroatoms. The van der Waals surface area contributed by atoms with Crippen LogP contribution < -0.4 is 4.90 Å². The number of halogens is 2. The Morgan fingerprint density at radius 3 is 1.91 bits per heavy atom. The van der Waals surface area contributed by atoms with Crippen molar-refractivity contribution in [3.63, 3.8) is 0 Å². The maximum absolute atomic E-state index is 14.3. The third-order valence-corrected chi connectivity index (χ3v) is 4.09. The summed E-state index contributed by atoms with van der Waals surface area (Å²) in [4.78, 5) is 15.6. The third-order valence-electron chi connectivity index (χ3n) is 4.09. The van der Waals surface area contributed by atoms with Crippen molar-refractivity contribution >= 4 is 11.6 Å². The first-order valence-corrected chi connectivity index (χ1v) is 7.62. The average Bonchev–Trinajstić information content (AvgIpc) is 2.63. The Labute approximate surface area is 134 Å². The summed E-state index contributed by atoms with van der Waals surface area (Å²) in [6.45, 7) is 1.72. The molecule has 1 aliphatic rings. The number of carbonyl (C=O) groups is 1. The molecule has 0 bridgehead atoms. The number of rotatable bonds is 3. The maximum Gasteiger partial charge on any atom is 0.349 e. The summed E-state index contributed by atoms with van der Waals surface area (Å²) in [5.41, 5.74) is 0.796. The van der Waals surface area contributed by atoms with Gasteiger partial charge in [0.1, 0.15) is 0 Å². The Morgan fingerprint density at radius 1 is 0.826 bits per heavy atom. The summed E-state index contributed by atoms with van der Waals surface area (Å²) in [6.07, 6.45) is 0. The molecule has 1 heterocycles. The minimum absolute atomic E-state index is 0.254. The molecule has 1 aliphatic heterocycles. The van der Waals surface area contributed by atoms with Crippen LogP contribution in [-0.4, -0.2) is 37.0 Å². The molecule has 2 aromatic carbocycles. The molecular weight excluding hydrogens is 298 g/mol. The van der Waals surface area contributed by atoms with E-state index in [2.05, 4.69) is 4.90 Å². The summed E-state index contributed by atoms with van der Waals surface area (Å²) >= 11 is 0. The van der Waals surface area contributed by atoms with E-state index in [9.17, 15) is 13.6 Å². The number of nitrogens with zero attached hydrogens (tertiary/aromatic N) is 2. The fourth-order valence-electron chi connectivity index (χ4n) is 2.78. The first-order chi connectivity index (χ1) is 11.1. The highest BCUT2D eigenvalue weighted by molar-refractivity contribution is 5.85. The van der Waals surface area contributed by atoms with Crippen LogP contribution in [-0.2, 0) is 10.7 Å². The lowest BCUT2D eigenvalue weighted by Crippen LogP contribution is -2.52. The molecule has 0 spiro atoms. The zero-order chi connectivity index (χ0) is 16.3. The van der Waals surface area contributed by atoms with E-state index in [1.807, 2.05) is 30.3 Å². The number of hydrogen-bond acceptors (Lipinski definition) is 2. The van der Waals surface area contributed by atoms with Gasteiger partial charge in [-0.1, -0.05) is 48.5 Å². The van der Waals surface area contributed by atoms with Crippen molar-refractivity contribution < 1.29 is 13.6 Å². The third kappa shape index (κ3) is 3.18. The lowest BCUT2D eigenvalue weighted by Gasteiger charge is -2.37.